The van der Waals surface area contributed by atoms with Crippen LogP contribution in [-0.2, 0) is 7.05 Å². The van der Waals surface area contributed by atoms with Gasteiger partial charge < -0.3 is 9.67 Å². The minimum absolute atomic E-state index is 0.132. The molecule has 0 atom stereocenters. The average molecular weight is 226 g/mol. The number of aromatic hydroxyl groups is 1. The highest BCUT2D eigenvalue weighted by Crippen LogP contribution is 2.24. The number of fused-ring (bicyclic) bond motifs is 1. The van der Waals surface area contributed by atoms with Crippen molar-refractivity contribution < 1.29 is 5.11 Å². The number of nitrogens with zero attached hydrogens (tertiary/aromatic N) is 4. The molecule has 0 fully saturated rings. The summed E-state index contributed by atoms with van der Waals surface area (Å²) in [6.07, 6.45) is 6.55. The van der Waals surface area contributed by atoms with E-state index in [-0.39, 0.29) is 5.75 Å². The molecule has 5 heteroatoms. The number of hydrogen-bond donors (Lipinski definition) is 1. The molecule has 3 aromatic rings. The average Bonchev–Trinajstić information content (AvgIpc) is 2.68. The summed E-state index contributed by atoms with van der Waals surface area (Å²) in [6.45, 7) is 0. The molecule has 0 aromatic carbocycles. The Hall–Kier alpha value is -2.43. The van der Waals surface area contributed by atoms with Crippen molar-refractivity contribution in [2.24, 2.45) is 7.05 Å². The van der Waals surface area contributed by atoms with Crippen LogP contribution in [-0.4, -0.2) is 24.6 Å². The molecule has 0 unspecified atom stereocenters. The van der Waals surface area contributed by atoms with Crippen LogP contribution in [0, 0.1) is 0 Å². The zero-order valence-electron chi connectivity index (χ0n) is 9.20. The lowest BCUT2D eigenvalue weighted by atomic mass is 10.2. The van der Waals surface area contributed by atoms with Crippen LogP contribution < -0.4 is 0 Å². The summed E-state index contributed by atoms with van der Waals surface area (Å²) in [4.78, 5) is 12.5. The van der Waals surface area contributed by atoms with Crippen molar-refractivity contribution in [3.05, 3.63) is 36.9 Å². The van der Waals surface area contributed by atoms with Crippen LogP contribution in [0.5, 0.6) is 5.75 Å². The number of pyridine rings is 2. The van der Waals surface area contributed by atoms with E-state index in [0.29, 0.717) is 0 Å². The van der Waals surface area contributed by atoms with Crippen LogP contribution in [0.1, 0.15) is 0 Å². The molecule has 0 saturated heterocycles. The third-order valence-electron chi connectivity index (χ3n) is 2.67. The zero-order valence-corrected chi connectivity index (χ0v) is 9.20. The van der Waals surface area contributed by atoms with Gasteiger partial charge in [0.15, 0.2) is 0 Å². The summed E-state index contributed by atoms with van der Waals surface area (Å²) < 4.78 is 1.93. The van der Waals surface area contributed by atoms with Gasteiger partial charge in [0.05, 0.1) is 23.4 Å². The van der Waals surface area contributed by atoms with Crippen LogP contribution in [0.3, 0.4) is 0 Å². The van der Waals surface area contributed by atoms with E-state index in [4.69, 9.17) is 0 Å². The third-order valence-corrected chi connectivity index (χ3v) is 2.67. The molecule has 0 amide bonds. The minimum Gasteiger partial charge on any atom is -0.506 e. The van der Waals surface area contributed by atoms with E-state index < -0.39 is 0 Å². The molecule has 0 aliphatic carbocycles. The number of rotatable bonds is 1. The van der Waals surface area contributed by atoms with Gasteiger partial charge in [-0.05, 0) is 12.1 Å². The summed E-state index contributed by atoms with van der Waals surface area (Å²) in [5, 5.41) is 9.43. The van der Waals surface area contributed by atoms with Crippen LogP contribution in [0.4, 0.5) is 0 Å². The van der Waals surface area contributed by atoms with Crippen LogP contribution in [0.25, 0.3) is 22.4 Å². The first kappa shape index (κ1) is 9.77. The highest BCUT2D eigenvalue weighted by Gasteiger charge is 2.10. The fourth-order valence-electron chi connectivity index (χ4n) is 1.84. The minimum atomic E-state index is 0.132. The summed E-state index contributed by atoms with van der Waals surface area (Å²) in [6, 6.07) is 3.50. The molecular formula is C12H10N4O. The van der Waals surface area contributed by atoms with E-state index >= 15 is 0 Å². The normalized spacial score (nSPS) is 10.9. The fourth-order valence-corrected chi connectivity index (χ4v) is 1.84. The molecule has 3 aromatic heterocycles. The maximum atomic E-state index is 9.43. The second-order valence-electron chi connectivity index (χ2n) is 3.79. The molecule has 0 bridgehead atoms. The Morgan fingerprint density at radius 1 is 1.18 bits per heavy atom. The molecule has 0 spiro atoms. The number of aryl methyl sites for hydroxylation is 1. The lowest BCUT2D eigenvalue weighted by Crippen LogP contribution is -1.92. The number of aromatic nitrogens is 4. The largest absolute Gasteiger partial charge is 0.506 e. The van der Waals surface area contributed by atoms with Gasteiger partial charge in [0.1, 0.15) is 11.6 Å². The molecule has 5 nitrogen and oxygen atoms in total. The molecule has 1 N–H and O–H groups in total. The fraction of sp³-hybridized carbons (Fsp3) is 0.0833. The third kappa shape index (κ3) is 1.52. The molecule has 0 aliphatic heterocycles. The van der Waals surface area contributed by atoms with Gasteiger partial charge in [-0.1, -0.05) is 0 Å². The van der Waals surface area contributed by atoms with E-state index in [9.17, 15) is 5.11 Å². The second-order valence-corrected chi connectivity index (χ2v) is 3.79. The molecule has 0 saturated carbocycles. The maximum absolute atomic E-state index is 9.43. The Bertz CT molecular complexity index is 690. The predicted octanol–water partition coefficient (Wildman–Crippen LogP) is 1.74. The van der Waals surface area contributed by atoms with Gasteiger partial charge in [0.25, 0.3) is 0 Å². The molecule has 17 heavy (non-hydrogen) atoms. The van der Waals surface area contributed by atoms with E-state index in [2.05, 4.69) is 15.0 Å². The van der Waals surface area contributed by atoms with Crippen molar-refractivity contribution >= 4 is 11.0 Å². The van der Waals surface area contributed by atoms with Crippen molar-refractivity contribution in [2.75, 3.05) is 0 Å². The molecular weight excluding hydrogens is 216 g/mol. The zero-order chi connectivity index (χ0) is 11.8. The lowest BCUT2D eigenvalue weighted by Gasteiger charge is -2.01. The van der Waals surface area contributed by atoms with Gasteiger partial charge in [-0.3, -0.25) is 9.97 Å². The topological polar surface area (TPSA) is 63.8 Å². The predicted molar refractivity (Wildman–Crippen MR) is 63.4 cm³/mol. The second kappa shape index (κ2) is 3.55. The van der Waals surface area contributed by atoms with Crippen LogP contribution in [0.2, 0.25) is 0 Å². The maximum Gasteiger partial charge on any atom is 0.142 e. The number of hydrogen-bond acceptors (Lipinski definition) is 4. The SMILES string of the molecule is Cn1c(-c2cncc(O)c2)nc2ccncc21. The van der Waals surface area contributed by atoms with Gasteiger partial charge in [0.2, 0.25) is 0 Å². The monoisotopic (exact) mass is 226 g/mol. The summed E-state index contributed by atoms with van der Waals surface area (Å²) in [7, 11) is 1.91. The number of imidazole rings is 1. The van der Waals surface area contributed by atoms with Gasteiger partial charge in [-0.25, -0.2) is 4.98 Å². The standard InChI is InChI=1S/C12H10N4O/c1-16-11-7-13-3-2-10(11)15-12(16)8-4-9(17)6-14-5-8/h2-7,17H,1H3. The van der Waals surface area contributed by atoms with Crippen LogP contribution in [0.15, 0.2) is 36.9 Å². The summed E-state index contributed by atoms with van der Waals surface area (Å²) in [5.41, 5.74) is 2.61. The van der Waals surface area contributed by atoms with Crippen molar-refractivity contribution in [2.45, 2.75) is 0 Å². The quantitative estimate of drug-likeness (QED) is 0.686. The first-order valence-electron chi connectivity index (χ1n) is 5.16. The van der Waals surface area contributed by atoms with Gasteiger partial charge in [0, 0.05) is 25.0 Å². The van der Waals surface area contributed by atoms with Crippen LogP contribution >= 0.6 is 0 Å². The Labute approximate surface area is 97.4 Å². The Kier molecular flexibility index (Phi) is 2.04. The lowest BCUT2D eigenvalue weighted by molar-refractivity contribution is 0.473. The molecule has 0 aliphatic rings. The van der Waals surface area contributed by atoms with Crippen molar-refractivity contribution in [1.82, 2.24) is 19.5 Å². The first-order chi connectivity index (χ1) is 8.25. The smallest absolute Gasteiger partial charge is 0.142 e. The molecule has 84 valence electrons. The first-order valence-corrected chi connectivity index (χ1v) is 5.16. The van der Waals surface area contributed by atoms with E-state index in [1.165, 1.54) is 6.20 Å². The Balaban J connectivity index is 2.27. The Morgan fingerprint density at radius 2 is 2.06 bits per heavy atom. The van der Waals surface area contributed by atoms with Crippen molar-refractivity contribution in [3.63, 3.8) is 0 Å². The highest BCUT2D eigenvalue weighted by atomic mass is 16.3. The van der Waals surface area contributed by atoms with Gasteiger partial charge in [-0.2, -0.15) is 0 Å². The summed E-state index contributed by atoms with van der Waals surface area (Å²) >= 11 is 0. The molecule has 3 heterocycles. The molecule has 0 radical (unpaired) electrons. The van der Waals surface area contributed by atoms with Gasteiger partial charge in [-0.15, -0.1) is 0 Å². The molecule has 3 rings (SSSR count). The Morgan fingerprint density at radius 3 is 2.82 bits per heavy atom. The van der Waals surface area contributed by atoms with Crippen molar-refractivity contribution in [3.8, 4) is 17.1 Å². The highest BCUT2D eigenvalue weighted by molar-refractivity contribution is 5.79. The van der Waals surface area contributed by atoms with E-state index in [1.807, 2.05) is 17.7 Å². The van der Waals surface area contributed by atoms with E-state index in [0.717, 1.165) is 22.4 Å². The van der Waals surface area contributed by atoms with Gasteiger partial charge >= 0.3 is 0 Å². The summed E-state index contributed by atoms with van der Waals surface area (Å²) in [5.74, 6) is 0.893. The van der Waals surface area contributed by atoms with E-state index in [1.54, 1.807) is 24.7 Å². The van der Waals surface area contributed by atoms with Crippen molar-refractivity contribution in [1.29, 1.82) is 0 Å².